The van der Waals surface area contributed by atoms with E-state index in [0.29, 0.717) is 30.4 Å². The van der Waals surface area contributed by atoms with E-state index in [1.165, 1.54) is 12.2 Å². The Morgan fingerprint density at radius 3 is 2.68 bits per heavy atom. The number of halogens is 1. The van der Waals surface area contributed by atoms with E-state index in [1.807, 2.05) is 0 Å². The Bertz CT molecular complexity index is 849. The molecule has 4 rings (SSSR count). The summed E-state index contributed by atoms with van der Waals surface area (Å²) in [5.74, 6) is -1.00. The molecule has 0 radical (unpaired) electrons. The number of fused-ring (bicyclic) bond motifs is 5. The lowest BCUT2D eigenvalue weighted by Gasteiger charge is -2.62. The van der Waals surface area contributed by atoms with Crippen molar-refractivity contribution in [1.82, 2.24) is 0 Å². The van der Waals surface area contributed by atoms with Crippen LogP contribution in [0.15, 0.2) is 36.0 Å². The largest absolute Gasteiger partial charge is 0.390 e. The fraction of sp³-hybridized carbons (Fsp3) is 0.636. The molecule has 7 atom stereocenters. The number of carbonyl (C=O) groups excluding carboxylic acids is 2. The highest BCUT2D eigenvalue weighted by atomic mass is 32.2. The average Bonchev–Trinajstić information content (AvgIpc) is 2.84. The molecule has 0 heterocycles. The Hall–Kier alpha value is -1.24. The maximum absolute atomic E-state index is 16.9. The van der Waals surface area contributed by atoms with Crippen LogP contribution in [0, 0.1) is 22.7 Å². The van der Waals surface area contributed by atoms with Crippen LogP contribution in [0.2, 0.25) is 0 Å². The first-order valence-corrected chi connectivity index (χ1v) is 11.0. The molecule has 2 N–H and O–H groups in total. The maximum atomic E-state index is 16.9. The van der Waals surface area contributed by atoms with Crippen molar-refractivity contribution in [2.45, 2.75) is 56.9 Å². The number of hydrogen-bond donors (Lipinski definition) is 2. The molecule has 4 aliphatic rings. The van der Waals surface area contributed by atoms with Crippen LogP contribution in [0.5, 0.6) is 0 Å². The third-order valence-electron chi connectivity index (χ3n) is 8.32. The number of rotatable bonds is 1. The summed E-state index contributed by atoms with van der Waals surface area (Å²) in [4.78, 5) is 24.5. The minimum atomic E-state index is -1.97. The van der Waals surface area contributed by atoms with Crippen LogP contribution in [0.3, 0.4) is 0 Å². The molecule has 4 nitrogen and oxygen atoms in total. The lowest BCUT2D eigenvalue weighted by atomic mass is 9.45. The van der Waals surface area contributed by atoms with E-state index in [1.54, 1.807) is 26.2 Å². The van der Waals surface area contributed by atoms with E-state index in [2.05, 4.69) is 6.58 Å². The summed E-state index contributed by atoms with van der Waals surface area (Å²) in [6.07, 6.45) is 6.09. The van der Waals surface area contributed by atoms with Gasteiger partial charge in [0, 0.05) is 16.7 Å². The van der Waals surface area contributed by atoms with Crippen LogP contribution in [0.1, 0.15) is 39.5 Å². The number of carbonyl (C=O) groups is 2. The molecule has 152 valence electrons. The lowest BCUT2D eigenvalue weighted by molar-refractivity contribution is -0.212. The lowest BCUT2D eigenvalue weighted by Crippen LogP contribution is -2.68. The molecule has 0 aliphatic heterocycles. The topological polar surface area (TPSA) is 74.6 Å². The zero-order valence-electron chi connectivity index (χ0n) is 16.5. The van der Waals surface area contributed by atoms with Crippen LogP contribution < -0.4 is 0 Å². The molecule has 3 saturated carbocycles. The number of aliphatic hydroxyl groups excluding tert-OH is 1. The van der Waals surface area contributed by atoms with Crippen LogP contribution in [0.4, 0.5) is 4.39 Å². The summed E-state index contributed by atoms with van der Waals surface area (Å²) in [7, 11) is 0. The fourth-order valence-corrected chi connectivity index (χ4v) is 7.37. The van der Waals surface area contributed by atoms with Gasteiger partial charge in [0.15, 0.2) is 17.1 Å². The van der Waals surface area contributed by atoms with Gasteiger partial charge in [-0.25, -0.2) is 4.39 Å². The van der Waals surface area contributed by atoms with Gasteiger partial charge in [0.2, 0.25) is 5.12 Å². The number of ketones is 1. The molecule has 6 heteroatoms. The number of alkyl halides is 1. The SMILES string of the molecule is C=C1C[C@H]2[C@@H]3CCC4=CC(=O)C=C[C@]4(C)[C@@]3(F)[C@@H](O)C[C@]2(C)[C@@]1(O)C(=O)SC. The highest BCUT2D eigenvalue weighted by molar-refractivity contribution is 8.13. The van der Waals surface area contributed by atoms with Gasteiger partial charge in [-0.2, -0.15) is 0 Å². The Balaban J connectivity index is 1.85. The average molecular weight is 407 g/mol. The van der Waals surface area contributed by atoms with E-state index in [-0.39, 0.29) is 18.1 Å². The monoisotopic (exact) mass is 406 g/mol. The van der Waals surface area contributed by atoms with Gasteiger partial charge in [-0.3, -0.25) is 9.59 Å². The van der Waals surface area contributed by atoms with Crippen LogP contribution >= 0.6 is 11.8 Å². The van der Waals surface area contributed by atoms with Crippen molar-refractivity contribution in [2.24, 2.45) is 22.7 Å². The smallest absolute Gasteiger partial charge is 0.225 e. The molecule has 0 amide bonds. The normalized spacial score (nSPS) is 49.9. The Morgan fingerprint density at radius 1 is 1.36 bits per heavy atom. The molecule has 3 fully saturated rings. The summed E-state index contributed by atoms with van der Waals surface area (Å²) in [5.41, 5.74) is -4.65. The molecule has 0 aromatic heterocycles. The number of aliphatic hydroxyl groups is 2. The summed E-state index contributed by atoms with van der Waals surface area (Å²) in [6.45, 7) is 7.53. The standard InChI is InChI=1S/C22H27FO4S/c1-12-9-16-15-6-5-13-10-14(24)7-8-19(13,2)21(15,23)17(25)11-20(16,3)22(12,27)18(26)28-4/h7-8,10,15-17,25,27H,1,5-6,9,11H2,2-4H3/t15-,16-,17-,19-,20-,21-,22-/m0/s1. The van der Waals surface area contributed by atoms with E-state index < -0.39 is 39.2 Å². The van der Waals surface area contributed by atoms with E-state index >= 15 is 4.39 Å². The predicted molar refractivity (Wildman–Crippen MR) is 106 cm³/mol. The van der Waals surface area contributed by atoms with Crippen LogP contribution in [-0.2, 0) is 9.59 Å². The Labute approximate surface area is 169 Å². The molecule has 4 aliphatic carbocycles. The second kappa shape index (κ2) is 5.89. The first kappa shape index (κ1) is 20.0. The number of allylic oxidation sites excluding steroid dienone is 4. The third kappa shape index (κ3) is 2.04. The van der Waals surface area contributed by atoms with Crippen molar-refractivity contribution in [3.05, 3.63) is 36.0 Å². The Kier molecular flexibility index (Phi) is 4.22. The van der Waals surface area contributed by atoms with Gasteiger partial charge in [0.1, 0.15) is 0 Å². The van der Waals surface area contributed by atoms with Crippen LogP contribution in [-0.4, -0.2) is 44.7 Å². The predicted octanol–water partition coefficient (Wildman–Crippen LogP) is 3.14. The van der Waals surface area contributed by atoms with E-state index in [0.717, 1.165) is 11.8 Å². The molecule has 0 unspecified atom stereocenters. The zero-order valence-corrected chi connectivity index (χ0v) is 17.3. The van der Waals surface area contributed by atoms with Gasteiger partial charge >= 0.3 is 0 Å². The molecular formula is C22H27FO4S. The fourth-order valence-electron chi connectivity index (χ4n) is 6.70. The summed E-state index contributed by atoms with van der Waals surface area (Å²) < 4.78 is 16.9. The van der Waals surface area contributed by atoms with Crippen molar-refractivity contribution in [2.75, 3.05) is 6.26 Å². The van der Waals surface area contributed by atoms with E-state index in [4.69, 9.17) is 0 Å². The maximum Gasteiger partial charge on any atom is 0.225 e. The summed E-state index contributed by atoms with van der Waals surface area (Å²) in [5, 5.41) is 22.2. The van der Waals surface area contributed by atoms with Crippen molar-refractivity contribution in [3.8, 4) is 0 Å². The van der Waals surface area contributed by atoms with Gasteiger partial charge in [0.05, 0.1) is 6.10 Å². The summed E-state index contributed by atoms with van der Waals surface area (Å²) >= 11 is 0.943. The van der Waals surface area contributed by atoms with Crippen LogP contribution in [0.25, 0.3) is 0 Å². The van der Waals surface area contributed by atoms with Gasteiger partial charge in [-0.15, -0.1) is 0 Å². The molecule has 0 aromatic carbocycles. The van der Waals surface area contributed by atoms with Crippen molar-refractivity contribution < 1.29 is 24.2 Å². The molecule has 0 saturated heterocycles. The third-order valence-corrected chi connectivity index (χ3v) is 8.98. The molecule has 28 heavy (non-hydrogen) atoms. The highest BCUT2D eigenvalue weighted by Crippen LogP contribution is 2.70. The van der Waals surface area contributed by atoms with E-state index in [9.17, 15) is 19.8 Å². The number of hydrogen-bond acceptors (Lipinski definition) is 5. The molecule has 0 spiro atoms. The molecule has 0 aromatic rings. The minimum absolute atomic E-state index is 0.0306. The summed E-state index contributed by atoms with van der Waals surface area (Å²) in [6, 6.07) is 0. The zero-order chi connectivity index (χ0) is 20.7. The number of thioether (sulfide) groups is 1. The first-order valence-electron chi connectivity index (χ1n) is 9.77. The Morgan fingerprint density at radius 2 is 2.04 bits per heavy atom. The van der Waals surface area contributed by atoms with Gasteiger partial charge < -0.3 is 10.2 Å². The van der Waals surface area contributed by atoms with Gasteiger partial charge in [-0.05, 0) is 62.5 Å². The second-order valence-electron chi connectivity index (χ2n) is 9.27. The quantitative estimate of drug-likeness (QED) is 0.655. The van der Waals surface area contributed by atoms with Gasteiger partial charge in [0.25, 0.3) is 0 Å². The minimum Gasteiger partial charge on any atom is -0.390 e. The van der Waals surface area contributed by atoms with Crippen molar-refractivity contribution in [1.29, 1.82) is 0 Å². The van der Waals surface area contributed by atoms with Crippen molar-refractivity contribution >= 4 is 22.7 Å². The first-order chi connectivity index (χ1) is 13.0. The van der Waals surface area contributed by atoms with Gasteiger partial charge in [-0.1, -0.05) is 36.9 Å². The van der Waals surface area contributed by atoms with Crippen molar-refractivity contribution in [3.63, 3.8) is 0 Å². The second-order valence-corrected chi connectivity index (χ2v) is 10.1. The molecule has 0 bridgehead atoms. The highest BCUT2D eigenvalue weighted by Gasteiger charge is 2.75. The molecular weight excluding hydrogens is 379 g/mol.